The first-order chi connectivity index (χ1) is 7.63. The fourth-order valence-electron chi connectivity index (χ4n) is 1.05. The van der Waals surface area contributed by atoms with Crippen molar-refractivity contribution in [2.45, 2.75) is 19.4 Å². The zero-order valence-electron chi connectivity index (χ0n) is 9.33. The molecule has 0 aliphatic rings. The Balaban J connectivity index is 2.76. The van der Waals surface area contributed by atoms with Crippen LogP contribution in [0.5, 0.6) is 5.88 Å². The molecule has 1 N–H and O–H groups in total. The second-order valence-corrected chi connectivity index (χ2v) is 4.16. The lowest BCUT2D eigenvalue weighted by Crippen LogP contribution is -2.39. The molecule has 90 valence electrons. The van der Waals surface area contributed by atoms with Gasteiger partial charge < -0.3 is 10.1 Å². The molecule has 16 heavy (non-hydrogen) atoms. The monoisotopic (exact) mass is 263 g/mol. The summed E-state index contributed by atoms with van der Waals surface area (Å²) in [5.41, 5.74) is -0.388. The summed E-state index contributed by atoms with van der Waals surface area (Å²) in [4.78, 5) is 8.05. The Labute approximate surface area is 105 Å². The molecule has 0 aliphatic heterocycles. The van der Waals surface area contributed by atoms with Crippen molar-refractivity contribution >= 4 is 29.0 Å². The third-order valence-corrected chi connectivity index (χ3v) is 3.13. The topological polar surface area (TPSA) is 47.0 Å². The van der Waals surface area contributed by atoms with Gasteiger partial charge >= 0.3 is 0 Å². The molecule has 0 bridgehead atoms. The Bertz CT molecular complexity index is 332. The maximum atomic E-state index is 5.84. The zero-order chi connectivity index (χ0) is 12.0. The van der Waals surface area contributed by atoms with Crippen molar-refractivity contribution in [3.8, 4) is 5.88 Å². The van der Waals surface area contributed by atoms with Crippen LogP contribution in [0, 0.1) is 0 Å². The highest BCUT2D eigenvalue weighted by Crippen LogP contribution is 2.18. The van der Waals surface area contributed by atoms with Gasteiger partial charge in [-0.25, -0.2) is 9.97 Å². The van der Waals surface area contributed by atoms with Gasteiger partial charge in [-0.15, -0.1) is 23.2 Å². The highest BCUT2D eigenvalue weighted by atomic mass is 35.5. The molecule has 0 fully saturated rings. The van der Waals surface area contributed by atoms with Crippen LogP contribution in [0.15, 0.2) is 12.4 Å². The van der Waals surface area contributed by atoms with Gasteiger partial charge in [-0.3, -0.25) is 0 Å². The Morgan fingerprint density at radius 1 is 1.38 bits per heavy atom. The number of anilines is 1. The standard InChI is InChI=1S/C10H15Cl2N3O/c1-3-16-9-4-8(13-7-14-9)15-10(2,5-11)6-12/h4,7H,3,5-6H2,1-2H3,(H,13,14,15). The summed E-state index contributed by atoms with van der Waals surface area (Å²) in [6.07, 6.45) is 1.44. The number of rotatable bonds is 6. The second kappa shape index (κ2) is 6.11. The molecular formula is C10H15Cl2N3O. The number of hydrogen-bond acceptors (Lipinski definition) is 4. The third-order valence-electron chi connectivity index (χ3n) is 1.95. The molecule has 4 nitrogen and oxygen atoms in total. The first-order valence-electron chi connectivity index (χ1n) is 4.98. The van der Waals surface area contributed by atoms with Crippen LogP contribution in [0.2, 0.25) is 0 Å². The number of nitrogens with one attached hydrogen (secondary N) is 1. The Morgan fingerprint density at radius 2 is 2.06 bits per heavy atom. The van der Waals surface area contributed by atoms with Crippen LogP contribution in [-0.2, 0) is 0 Å². The summed E-state index contributed by atoms with van der Waals surface area (Å²) in [5.74, 6) is 1.98. The zero-order valence-corrected chi connectivity index (χ0v) is 10.8. The van der Waals surface area contributed by atoms with E-state index >= 15 is 0 Å². The average Bonchev–Trinajstić information content (AvgIpc) is 2.30. The molecule has 0 atom stereocenters. The van der Waals surface area contributed by atoms with Gasteiger partial charge in [0.25, 0.3) is 0 Å². The van der Waals surface area contributed by atoms with E-state index in [1.54, 1.807) is 6.07 Å². The molecule has 0 radical (unpaired) electrons. The lowest BCUT2D eigenvalue weighted by molar-refractivity contribution is 0.326. The van der Waals surface area contributed by atoms with E-state index in [2.05, 4.69) is 15.3 Å². The van der Waals surface area contributed by atoms with Gasteiger partial charge in [-0.1, -0.05) is 0 Å². The van der Waals surface area contributed by atoms with Crippen molar-refractivity contribution in [2.24, 2.45) is 0 Å². The van der Waals surface area contributed by atoms with Gasteiger partial charge in [-0.05, 0) is 13.8 Å². The first kappa shape index (κ1) is 13.3. The van der Waals surface area contributed by atoms with Crippen molar-refractivity contribution in [1.82, 2.24) is 9.97 Å². The maximum Gasteiger partial charge on any atom is 0.218 e. The van der Waals surface area contributed by atoms with E-state index < -0.39 is 0 Å². The Hall–Kier alpha value is -0.740. The van der Waals surface area contributed by atoms with Crippen molar-refractivity contribution in [3.63, 3.8) is 0 Å². The highest BCUT2D eigenvalue weighted by molar-refractivity contribution is 6.22. The molecular weight excluding hydrogens is 249 g/mol. The lowest BCUT2D eigenvalue weighted by Gasteiger charge is -2.26. The smallest absolute Gasteiger partial charge is 0.218 e. The number of hydrogen-bond donors (Lipinski definition) is 1. The van der Waals surface area contributed by atoms with Crippen LogP contribution in [0.4, 0.5) is 5.82 Å². The van der Waals surface area contributed by atoms with Gasteiger partial charge in [0.1, 0.15) is 12.1 Å². The largest absolute Gasteiger partial charge is 0.478 e. The van der Waals surface area contributed by atoms with E-state index in [9.17, 15) is 0 Å². The van der Waals surface area contributed by atoms with E-state index in [0.29, 0.717) is 30.1 Å². The fourth-order valence-corrected chi connectivity index (χ4v) is 1.47. The summed E-state index contributed by atoms with van der Waals surface area (Å²) in [6, 6.07) is 1.72. The Kier molecular flexibility index (Phi) is 5.09. The van der Waals surface area contributed by atoms with Crippen molar-refractivity contribution < 1.29 is 4.74 Å². The maximum absolute atomic E-state index is 5.84. The van der Waals surface area contributed by atoms with Gasteiger partial charge in [0, 0.05) is 17.8 Å². The SMILES string of the molecule is CCOc1cc(NC(C)(CCl)CCl)ncn1. The van der Waals surface area contributed by atoms with Crippen molar-refractivity contribution in [3.05, 3.63) is 12.4 Å². The molecule has 0 aromatic carbocycles. The molecule has 6 heteroatoms. The summed E-state index contributed by atoms with van der Waals surface area (Å²) in [5, 5.41) is 3.16. The van der Waals surface area contributed by atoms with Crippen molar-refractivity contribution in [1.29, 1.82) is 0 Å². The third kappa shape index (κ3) is 3.68. The van der Waals surface area contributed by atoms with Crippen LogP contribution < -0.4 is 10.1 Å². The van der Waals surface area contributed by atoms with E-state index in [4.69, 9.17) is 27.9 Å². The molecule has 0 saturated heterocycles. The summed E-state index contributed by atoms with van der Waals surface area (Å²) >= 11 is 11.7. The summed E-state index contributed by atoms with van der Waals surface area (Å²) < 4.78 is 5.27. The van der Waals surface area contributed by atoms with E-state index in [0.717, 1.165) is 0 Å². The minimum absolute atomic E-state index is 0.388. The molecule has 1 heterocycles. The summed E-state index contributed by atoms with van der Waals surface area (Å²) in [7, 11) is 0. The van der Waals surface area contributed by atoms with Gasteiger partial charge in [0.15, 0.2) is 0 Å². The van der Waals surface area contributed by atoms with Crippen LogP contribution in [0.1, 0.15) is 13.8 Å². The van der Waals surface area contributed by atoms with Crippen LogP contribution in [0.3, 0.4) is 0 Å². The molecule has 0 unspecified atom stereocenters. The molecule has 0 spiro atoms. The van der Waals surface area contributed by atoms with Crippen molar-refractivity contribution in [2.75, 3.05) is 23.7 Å². The normalized spacial score (nSPS) is 11.2. The van der Waals surface area contributed by atoms with Gasteiger partial charge in [-0.2, -0.15) is 0 Å². The number of nitrogens with zero attached hydrogens (tertiary/aromatic N) is 2. The van der Waals surface area contributed by atoms with E-state index in [-0.39, 0.29) is 5.54 Å². The van der Waals surface area contributed by atoms with Crippen LogP contribution in [-0.4, -0.2) is 33.9 Å². The van der Waals surface area contributed by atoms with Crippen LogP contribution in [0.25, 0.3) is 0 Å². The molecule has 0 amide bonds. The minimum atomic E-state index is -0.388. The second-order valence-electron chi connectivity index (χ2n) is 3.63. The molecule has 1 aromatic heterocycles. The van der Waals surface area contributed by atoms with E-state index in [1.807, 2.05) is 13.8 Å². The van der Waals surface area contributed by atoms with Gasteiger partial charge in [0.05, 0.1) is 12.1 Å². The molecule has 1 rings (SSSR count). The fraction of sp³-hybridized carbons (Fsp3) is 0.600. The first-order valence-corrected chi connectivity index (χ1v) is 6.05. The van der Waals surface area contributed by atoms with Gasteiger partial charge in [0.2, 0.25) is 5.88 Å². The van der Waals surface area contributed by atoms with E-state index in [1.165, 1.54) is 6.33 Å². The number of alkyl halides is 2. The quantitative estimate of drug-likeness (QED) is 0.802. The minimum Gasteiger partial charge on any atom is -0.478 e. The summed E-state index contributed by atoms with van der Waals surface area (Å²) in [6.45, 7) is 4.39. The highest BCUT2D eigenvalue weighted by Gasteiger charge is 2.22. The predicted octanol–water partition coefficient (Wildman–Crippen LogP) is 2.52. The predicted molar refractivity (Wildman–Crippen MR) is 66.7 cm³/mol. The molecule has 1 aromatic rings. The number of ether oxygens (including phenoxy) is 1. The molecule has 0 aliphatic carbocycles. The average molecular weight is 264 g/mol. The lowest BCUT2D eigenvalue weighted by atomic mass is 10.1. The Morgan fingerprint density at radius 3 is 2.62 bits per heavy atom. The van der Waals surface area contributed by atoms with Crippen LogP contribution >= 0.6 is 23.2 Å². The molecule has 0 saturated carbocycles. The number of halogens is 2. The number of aromatic nitrogens is 2.